The van der Waals surface area contributed by atoms with E-state index >= 15 is 0 Å². The summed E-state index contributed by atoms with van der Waals surface area (Å²) in [6.07, 6.45) is 7.56. The van der Waals surface area contributed by atoms with Crippen molar-refractivity contribution in [3.63, 3.8) is 0 Å². The number of aryl methyl sites for hydroxylation is 1. The number of benzene rings is 1. The van der Waals surface area contributed by atoms with Gasteiger partial charge in [-0.3, -0.25) is 0 Å². The van der Waals surface area contributed by atoms with Crippen LogP contribution in [0.5, 0.6) is 0 Å². The Balaban J connectivity index is 1.51. The van der Waals surface area contributed by atoms with Crippen molar-refractivity contribution >= 4 is 11.7 Å². The van der Waals surface area contributed by atoms with E-state index in [4.69, 9.17) is 0 Å². The Morgan fingerprint density at radius 2 is 2.16 bits per heavy atom. The quantitative estimate of drug-likeness (QED) is 0.851. The normalized spacial score (nSPS) is 17.1. The molecule has 1 aliphatic heterocycles. The highest BCUT2D eigenvalue weighted by Gasteiger charge is 2.26. The minimum atomic E-state index is 0.0280. The summed E-state index contributed by atoms with van der Waals surface area (Å²) in [4.78, 5) is 20.9. The van der Waals surface area contributed by atoms with Crippen LogP contribution in [-0.4, -0.2) is 46.7 Å². The van der Waals surface area contributed by atoms with E-state index in [2.05, 4.69) is 51.9 Å². The Kier molecular flexibility index (Phi) is 5.58. The van der Waals surface area contributed by atoms with Gasteiger partial charge in [-0.25, -0.2) is 9.78 Å². The lowest BCUT2D eigenvalue weighted by Gasteiger charge is -2.28. The SMILES string of the molecule is C[C@H]1CN(C)c2ccccc2CN1C(=O)NCCCCn1ccnc1. The number of fused-ring (bicyclic) bond motifs is 1. The molecule has 2 amide bonds. The number of hydrogen-bond acceptors (Lipinski definition) is 3. The van der Waals surface area contributed by atoms with Crippen molar-refractivity contribution in [2.24, 2.45) is 0 Å². The van der Waals surface area contributed by atoms with Gasteiger partial charge in [-0.1, -0.05) is 18.2 Å². The fourth-order valence-corrected chi connectivity index (χ4v) is 3.36. The number of unbranched alkanes of at least 4 members (excludes halogenated alkanes) is 1. The second-order valence-electron chi connectivity index (χ2n) is 6.73. The van der Waals surface area contributed by atoms with Crippen molar-refractivity contribution in [1.29, 1.82) is 0 Å². The van der Waals surface area contributed by atoms with Gasteiger partial charge in [0.05, 0.1) is 6.33 Å². The Morgan fingerprint density at radius 1 is 1.32 bits per heavy atom. The first kappa shape index (κ1) is 17.3. The van der Waals surface area contributed by atoms with Gasteiger partial charge in [-0.15, -0.1) is 0 Å². The maximum atomic E-state index is 12.7. The summed E-state index contributed by atoms with van der Waals surface area (Å²) >= 11 is 0. The third-order valence-corrected chi connectivity index (χ3v) is 4.75. The Bertz CT molecular complexity index is 685. The van der Waals surface area contributed by atoms with E-state index in [-0.39, 0.29) is 12.1 Å². The fraction of sp³-hybridized carbons (Fsp3) is 0.474. The average Bonchev–Trinajstić information content (AvgIpc) is 3.08. The van der Waals surface area contributed by atoms with Gasteiger partial charge < -0.3 is 19.7 Å². The molecule has 6 heteroatoms. The number of imidazole rings is 1. The van der Waals surface area contributed by atoms with Crippen molar-refractivity contribution < 1.29 is 4.79 Å². The van der Waals surface area contributed by atoms with Gasteiger partial charge in [0.25, 0.3) is 0 Å². The van der Waals surface area contributed by atoms with Crippen LogP contribution < -0.4 is 10.2 Å². The smallest absolute Gasteiger partial charge is 0.318 e. The molecule has 1 atom stereocenters. The largest absolute Gasteiger partial charge is 0.372 e. The second kappa shape index (κ2) is 8.05. The van der Waals surface area contributed by atoms with Crippen molar-refractivity contribution in [1.82, 2.24) is 19.8 Å². The molecular weight excluding hydrogens is 314 g/mol. The van der Waals surface area contributed by atoms with Gasteiger partial charge in [0.2, 0.25) is 0 Å². The Hall–Kier alpha value is -2.50. The van der Waals surface area contributed by atoms with Crippen LogP contribution in [-0.2, 0) is 13.1 Å². The van der Waals surface area contributed by atoms with Gasteiger partial charge in [0.15, 0.2) is 0 Å². The summed E-state index contributed by atoms with van der Waals surface area (Å²) in [6.45, 7) is 5.25. The van der Waals surface area contributed by atoms with E-state index in [0.29, 0.717) is 13.1 Å². The van der Waals surface area contributed by atoms with E-state index in [1.807, 2.05) is 23.5 Å². The van der Waals surface area contributed by atoms with Crippen LogP contribution in [0, 0.1) is 0 Å². The maximum absolute atomic E-state index is 12.7. The van der Waals surface area contributed by atoms with Crippen LogP contribution in [0.4, 0.5) is 10.5 Å². The van der Waals surface area contributed by atoms with Gasteiger partial charge in [-0.05, 0) is 31.4 Å². The van der Waals surface area contributed by atoms with E-state index in [0.717, 1.165) is 25.9 Å². The zero-order chi connectivity index (χ0) is 17.6. The number of aromatic nitrogens is 2. The summed E-state index contributed by atoms with van der Waals surface area (Å²) in [5.41, 5.74) is 2.41. The fourth-order valence-electron chi connectivity index (χ4n) is 3.36. The number of likely N-dealkylation sites (N-methyl/N-ethyl adjacent to an activating group) is 1. The van der Waals surface area contributed by atoms with Crippen molar-refractivity contribution in [3.8, 4) is 0 Å². The van der Waals surface area contributed by atoms with Crippen LogP contribution in [0.25, 0.3) is 0 Å². The predicted octanol–water partition coefficient (Wildman–Crippen LogP) is 2.71. The topological polar surface area (TPSA) is 53.4 Å². The number of nitrogens with one attached hydrogen (secondary N) is 1. The molecule has 1 aromatic heterocycles. The van der Waals surface area contributed by atoms with Gasteiger partial charge >= 0.3 is 6.03 Å². The molecule has 0 radical (unpaired) electrons. The second-order valence-corrected chi connectivity index (χ2v) is 6.73. The summed E-state index contributed by atoms with van der Waals surface area (Å²) in [6, 6.07) is 8.52. The first-order chi connectivity index (χ1) is 12.1. The van der Waals surface area contributed by atoms with E-state index in [1.54, 1.807) is 6.20 Å². The van der Waals surface area contributed by atoms with E-state index in [1.165, 1.54) is 11.3 Å². The monoisotopic (exact) mass is 341 g/mol. The lowest BCUT2D eigenvalue weighted by atomic mass is 10.1. The number of carbonyl (C=O) groups is 1. The molecule has 0 bridgehead atoms. The lowest BCUT2D eigenvalue weighted by molar-refractivity contribution is 0.178. The molecule has 1 aliphatic rings. The highest BCUT2D eigenvalue weighted by molar-refractivity contribution is 5.75. The molecule has 2 heterocycles. The van der Waals surface area contributed by atoms with Crippen LogP contribution in [0.3, 0.4) is 0 Å². The summed E-state index contributed by atoms with van der Waals surface area (Å²) in [7, 11) is 2.09. The molecule has 3 rings (SSSR count). The molecule has 0 unspecified atom stereocenters. The first-order valence-electron chi connectivity index (χ1n) is 8.94. The summed E-state index contributed by atoms with van der Waals surface area (Å²) < 4.78 is 2.06. The molecule has 134 valence electrons. The summed E-state index contributed by atoms with van der Waals surface area (Å²) in [5.74, 6) is 0. The lowest BCUT2D eigenvalue weighted by Crippen LogP contribution is -2.47. The average molecular weight is 341 g/mol. The van der Waals surface area contributed by atoms with Gasteiger partial charge in [-0.2, -0.15) is 0 Å². The highest BCUT2D eigenvalue weighted by atomic mass is 16.2. The molecule has 6 nitrogen and oxygen atoms in total. The molecule has 2 aromatic rings. The van der Waals surface area contributed by atoms with Gasteiger partial charge in [0, 0.05) is 57.3 Å². The minimum Gasteiger partial charge on any atom is -0.372 e. The van der Waals surface area contributed by atoms with Crippen LogP contribution in [0.2, 0.25) is 0 Å². The van der Waals surface area contributed by atoms with E-state index < -0.39 is 0 Å². The third-order valence-electron chi connectivity index (χ3n) is 4.75. The molecule has 1 N–H and O–H groups in total. The Labute approximate surface area is 149 Å². The molecule has 0 aliphatic carbocycles. The molecule has 0 fully saturated rings. The molecule has 0 saturated heterocycles. The van der Waals surface area contributed by atoms with Crippen molar-refractivity contribution in [2.45, 2.75) is 38.9 Å². The summed E-state index contributed by atoms with van der Waals surface area (Å²) in [5, 5.41) is 3.08. The number of amides is 2. The van der Waals surface area contributed by atoms with Crippen LogP contribution in [0.15, 0.2) is 43.0 Å². The molecule has 0 saturated carbocycles. The zero-order valence-electron chi connectivity index (χ0n) is 15.1. The van der Waals surface area contributed by atoms with Crippen LogP contribution in [0.1, 0.15) is 25.3 Å². The number of urea groups is 1. The number of anilines is 1. The highest BCUT2D eigenvalue weighted by Crippen LogP contribution is 2.25. The number of para-hydroxylation sites is 1. The minimum absolute atomic E-state index is 0.0280. The van der Waals surface area contributed by atoms with Crippen molar-refractivity contribution in [3.05, 3.63) is 48.5 Å². The van der Waals surface area contributed by atoms with Gasteiger partial charge in [0.1, 0.15) is 0 Å². The molecule has 0 spiro atoms. The van der Waals surface area contributed by atoms with Crippen molar-refractivity contribution in [2.75, 3.05) is 25.0 Å². The van der Waals surface area contributed by atoms with Crippen LogP contribution >= 0.6 is 0 Å². The molecule has 25 heavy (non-hydrogen) atoms. The molecule has 1 aromatic carbocycles. The number of nitrogens with zero attached hydrogens (tertiary/aromatic N) is 4. The standard InChI is InChI=1S/C19H27N5O/c1-16-13-22(2)18-8-4-3-7-17(18)14-24(16)19(25)21-9-5-6-11-23-12-10-20-15-23/h3-4,7-8,10,12,15-16H,5-6,9,11,13-14H2,1-2H3,(H,21,25)/t16-/m0/s1. The third kappa shape index (κ3) is 4.32. The Morgan fingerprint density at radius 3 is 2.96 bits per heavy atom. The number of rotatable bonds is 5. The maximum Gasteiger partial charge on any atom is 0.318 e. The first-order valence-corrected chi connectivity index (χ1v) is 8.94. The zero-order valence-corrected chi connectivity index (χ0v) is 15.1. The number of hydrogen-bond donors (Lipinski definition) is 1. The predicted molar refractivity (Wildman–Crippen MR) is 99.6 cm³/mol. The molecular formula is C19H27N5O. The van der Waals surface area contributed by atoms with E-state index in [9.17, 15) is 4.79 Å². The number of carbonyl (C=O) groups excluding carboxylic acids is 1.